The molecule has 1 aromatic carbocycles. The first kappa shape index (κ1) is 19.1. The molecule has 1 N–H and O–H groups in total. The Balaban J connectivity index is 1.75. The zero-order valence-electron chi connectivity index (χ0n) is 15.9. The van der Waals surface area contributed by atoms with Crippen molar-refractivity contribution >= 4 is 23.3 Å². The van der Waals surface area contributed by atoms with Gasteiger partial charge in [0.05, 0.1) is 18.0 Å². The number of rotatable bonds is 7. The van der Waals surface area contributed by atoms with Crippen molar-refractivity contribution < 1.29 is 9.59 Å². The van der Waals surface area contributed by atoms with E-state index in [1.165, 1.54) is 18.7 Å². The van der Waals surface area contributed by atoms with E-state index < -0.39 is 0 Å². The lowest BCUT2D eigenvalue weighted by molar-refractivity contribution is 0.101. The minimum absolute atomic E-state index is 0.0359. The van der Waals surface area contributed by atoms with Crippen LogP contribution in [0.25, 0.3) is 0 Å². The molecule has 27 heavy (non-hydrogen) atoms. The van der Waals surface area contributed by atoms with Crippen LogP contribution in [0.4, 0.5) is 0 Å². The molecule has 0 atom stereocenters. The van der Waals surface area contributed by atoms with Crippen LogP contribution in [0.3, 0.4) is 0 Å². The van der Waals surface area contributed by atoms with Crippen molar-refractivity contribution in [2.45, 2.75) is 39.4 Å². The molecule has 0 aliphatic heterocycles. The first-order chi connectivity index (χ1) is 12.9. The maximum absolute atomic E-state index is 12.7. The summed E-state index contributed by atoms with van der Waals surface area (Å²) >= 11 is 1.36. The highest BCUT2D eigenvalue weighted by Gasteiger charge is 2.21. The van der Waals surface area contributed by atoms with E-state index in [-0.39, 0.29) is 17.3 Å². The third kappa shape index (κ3) is 4.03. The predicted octanol–water partition coefficient (Wildman–Crippen LogP) is 3.76. The van der Waals surface area contributed by atoms with Gasteiger partial charge in [0.1, 0.15) is 5.82 Å². The summed E-state index contributed by atoms with van der Waals surface area (Å²) in [6, 6.07) is 10.1. The number of carbonyl (C=O) groups excluding carboxylic acids is 2. The Labute approximate surface area is 162 Å². The van der Waals surface area contributed by atoms with Gasteiger partial charge in [0.25, 0.3) is 0 Å². The number of aromatic amines is 1. The monoisotopic (exact) mass is 382 g/mol. The molecule has 2 heterocycles. The summed E-state index contributed by atoms with van der Waals surface area (Å²) in [5.74, 6) is 0.941. The average Bonchev–Trinajstić information content (AvgIpc) is 3.13. The van der Waals surface area contributed by atoms with Gasteiger partial charge in [-0.2, -0.15) is 0 Å². The van der Waals surface area contributed by atoms with E-state index in [0.717, 1.165) is 17.1 Å². The van der Waals surface area contributed by atoms with Crippen LogP contribution in [0.2, 0.25) is 0 Å². The molecule has 7 heteroatoms. The van der Waals surface area contributed by atoms with E-state index in [9.17, 15) is 9.59 Å². The lowest BCUT2D eigenvalue weighted by Gasteiger charge is -2.08. The fraction of sp³-hybridized carbons (Fsp3) is 0.300. The SMILES string of the molecule is CC(=O)c1c(C)[nH]c(C(=O)CSc2nnc(C)n2Cc2ccccc2)c1C. The second-order valence-corrected chi connectivity index (χ2v) is 7.44. The van der Waals surface area contributed by atoms with Crippen molar-refractivity contribution in [2.24, 2.45) is 0 Å². The van der Waals surface area contributed by atoms with Gasteiger partial charge in [0.15, 0.2) is 16.7 Å². The standard InChI is InChI=1S/C20H22N4O2S/c1-12-18(14(3)25)13(2)21-19(12)17(26)11-27-20-23-22-15(4)24(20)10-16-8-6-5-7-9-16/h5-9,21H,10-11H2,1-4H3. The van der Waals surface area contributed by atoms with Crippen molar-refractivity contribution in [2.75, 3.05) is 5.75 Å². The molecule has 3 aromatic rings. The second kappa shape index (κ2) is 7.92. The maximum atomic E-state index is 12.7. The van der Waals surface area contributed by atoms with Gasteiger partial charge in [-0.15, -0.1) is 10.2 Å². The Morgan fingerprint density at radius 2 is 1.81 bits per heavy atom. The zero-order valence-corrected chi connectivity index (χ0v) is 16.7. The van der Waals surface area contributed by atoms with Crippen molar-refractivity contribution in [1.82, 2.24) is 19.7 Å². The molecule has 0 radical (unpaired) electrons. The molecule has 0 aliphatic rings. The summed E-state index contributed by atoms with van der Waals surface area (Å²) in [4.78, 5) is 27.5. The summed E-state index contributed by atoms with van der Waals surface area (Å²) in [6.07, 6.45) is 0. The van der Waals surface area contributed by atoms with Crippen molar-refractivity contribution in [1.29, 1.82) is 0 Å². The number of carbonyl (C=O) groups is 2. The van der Waals surface area contributed by atoms with Crippen LogP contribution in [-0.2, 0) is 6.54 Å². The Bertz CT molecular complexity index is 989. The molecule has 2 aromatic heterocycles. The second-order valence-electron chi connectivity index (χ2n) is 6.49. The molecule has 0 bridgehead atoms. The maximum Gasteiger partial charge on any atom is 0.191 e. The average molecular weight is 382 g/mol. The number of ketones is 2. The lowest BCUT2D eigenvalue weighted by Crippen LogP contribution is -2.08. The molecule has 0 fully saturated rings. The summed E-state index contributed by atoms with van der Waals surface area (Å²) in [7, 11) is 0. The van der Waals surface area contributed by atoms with Crippen LogP contribution in [0.1, 0.15) is 50.4 Å². The number of hydrogen-bond acceptors (Lipinski definition) is 5. The Morgan fingerprint density at radius 1 is 1.11 bits per heavy atom. The van der Waals surface area contributed by atoms with E-state index in [0.29, 0.717) is 28.5 Å². The largest absolute Gasteiger partial charge is 0.355 e. The van der Waals surface area contributed by atoms with E-state index >= 15 is 0 Å². The molecular formula is C20H22N4O2S. The van der Waals surface area contributed by atoms with Crippen LogP contribution in [0.5, 0.6) is 0 Å². The zero-order chi connectivity index (χ0) is 19.6. The number of benzene rings is 1. The molecule has 0 saturated heterocycles. The van der Waals surface area contributed by atoms with Gasteiger partial charge in [-0.3, -0.25) is 9.59 Å². The third-order valence-corrected chi connectivity index (χ3v) is 5.45. The minimum atomic E-state index is -0.0555. The highest BCUT2D eigenvalue weighted by atomic mass is 32.2. The number of hydrogen-bond donors (Lipinski definition) is 1. The first-order valence-electron chi connectivity index (χ1n) is 8.68. The quantitative estimate of drug-likeness (QED) is 0.497. The number of aryl methyl sites for hydroxylation is 2. The Morgan fingerprint density at radius 3 is 2.44 bits per heavy atom. The summed E-state index contributed by atoms with van der Waals surface area (Å²) < 4.78 is 2.00. The molecule has 0 aliphatic carbocycles. The molecule has 0 unspecified atom stereocenters. The molecular weight excluding hydrogens is 360 g/mol. The minimum Gasteiger partial charge on any atom is -0.355 e. The van der Waals surface area contributed by atoms with Crippen molar-refractivity contribution in [3.63, 3.8) is 0 Å². The summed E-state index contributed by atoms with van der Waals surface area (Å²) in [5, 5.41) is 9.07. The molecule has 0 saturated carbocycles. The number of Topliss-reactive ketones (excluding diaryl/α,β-unsaturated/α-hetero) is 2. The van der Waals surface area contributed by atoms with E-state index in [1.807, 2.05) is 48.7 Å². The van der Waals surface area contributed by atoms with Crippen LogP contribution in [-0.4, -0.2) is 37.1 Å². The number of nitrogens with one attached hydrogen (secondary N) is 1. The van der Waals surface area contributed by atoms with Crippen LogP contribution < -0.4 is 0 Å². The molecule has 3 rings (SSSR count). The molecule has 140 valence electrons. The van der Waals surface area contributed by atoms with Crippen LogP contribution in [0, 0.1) is 20.8 Å². The van der Waals surface area contributed by atoms with E-state index in [4.69, 9.17) is 0 Å². The van der Waals surface area contributed by atoms with Gasteiger partial charge in [-0.1, -0.05) is 42.1 Å². The van der Waals surface area contributed by atoms with Crippen molar-refractivity contribution in [3.05, 3.63) is 64.2 Å². The predicted molar refractivity (Wildman–Crippen MR) is 106 cm³/mol. The number of aromatic nitrogens is 4. The Kier molecular flexibility index (Phi) is 5.60. The fourth-order valence-electron chi connectivity index (χ4n) is 3.18. The molecule has 6 nitrogen and oxygen atoms in total. The van der Waals surface area contributed by atoms with Crippen molar-refractivity contribution in [3.8, 4) is 0 Å². The Hall–Kier alpha value is -2.67. The van der Waals surface area contributed by atoms with E-state index in [2.05, 4.69) is 15.2 Å². The van der Waals surface area contributed by atoms with Gasteiger partial charge in [-0.05, 0) is 38.8 Å². The van der Waals surface area contributed by atoms with Gasteiger partial charge in [0.2, 0.25) is 0 Å². The van der Waals surface area contributed by atoms with Crippen LogP contribution >= 0.6 is 11.8 Å². The normalized spacial score (nSPS) is 11.0. The third-order valence-electron chi connectivity index (χ3n) is 4.49. The summed E-state index contributed by atoms with van der Waals surface area (Å²) in [6.45, 7) is 7.69. The molecule has 0 amide bonds. The smallest absolute Gasteiger partial charge is 0.191 e. The van der Waals surface area contributed by atoms with Gasteiger partial charge < -0.3 is 9.55 Å². The lowest BCUT2D eigenvalue weighted by atomic mass is 10.1. The van der Waals surface area contributed by atoms with Crippen LogP contribution in [0.15, 0.2) is 35.5 Å². The molecule has 0 spiro atoms. The topological polar surface area (TPSA) is 80.6 Å². The van der Waals surface area contributed by atoms with Gasteiger partial charge >= 0.3 is 0 Å². The van der Waals surface area contributed by atoms with Gasteiger partial charge in [0, 0.05) is 11.3 Å². The summed E-state index contributed by atoms with van der Waals surface area (Å²) in [5.41, 5.74) is 3.70. The number of thioether (sulfide) groups is 1. The van der Waals surface area contributed by atoms with Gasteiger partial charge in [-0.25, -0.2) is 0 Å². The number of nitrogens with zero attached hydrogens (tertiary/aromatic N) is 3. The van der Waals surface area contributed by atoms with E-state index in [1.54, 1.807) is 6.92 Å². The number of H-pyrrole nitrogens is 1. The fourth-order valence-corrected chi connectivity index (χ4v) is 4.03. The highest BCUT2D eigenvalue weighted by Crippen LogP contribution is 2.23. The first-order valence-corrected chi connectivity index (χ1v) is 9.67. The highest BCUT2D eigenvalue weighted by molar-refractivity contribution is 7.99.